The number of aliphatic hydroxyl groups excluding tert-OH is 1. The fourth-order valence-corrected chi connectivity index (χ4v) is 0.333. The number of carboxylic acids is 3. The van der Waals surface area contributed by atoms with Crippen LogP contribution in [0.4, 0.5) is 0 Å². The van der Waals surface area contributed by atoms with Crippen LogP contribution in [0.5, 0.6) is 0 Å². The number of hydrogen-bond donors (Lipinski definition) is 1. The third-order valence-corrected chi connectivity index (χ3v) is 1.77. The van der Waals surface area contributed by atoms with E-state index in [1.165, 1.54) is 34.8 Å². The summed E-state index contributed by atoms with van der Waals surface area (Å²) >= 11 is 0. The maximum atomic E-state index is 9.49. The molecule has 2 unspecified atom stereocenters. The Morgan fingerprint density at radius 2 is 1.00 bits per heavy atom. The number of methoxy groups -OCH3 is 1. The van der Waals surface area contributed by atoms with Crippen LogP contribution >= 0.6 is 0 Å². The molecule has 0 aromatic carbocycles. The van der Waals surface area contributed by atoms with Gasteiger partial charge in [0.25, 0.3) is 0 Å². The van der Waals surface area contributed by atoms with Gasteiger partial charge in [-0.05, 0) is 51.3 Å². The van der Waals surface area contributed by atoms with Gasteiger partial charge < -0.3 is 44.3 Å². The molecule has 0 aliphatic rings. The van der Waals surface area contributed by atoms with Gasteiger partial charge in [0.15, 0.2) is 12.6 Å². The Labute approximate surface area is 174 Å². The number of aliphatic hydroxyl groups is 1. The summed E-state index contributed by atoms with van der Waals surface area (Å²) in [5.74, 6) is -3.56. The Morgan fingerprint density at radius 1 is 0.815 bits per heavy atom. The van der Waals surface area contributed by atoms with E-state index in [1.807, 2.05) is 0 Å². The predicted octanol–water partition coefficient (Wildman–Crippen LogP) is -1.73. The van der Waals surface area contributed by atoms with E-state index in [2.05, 4.69) is 24.5 Å². The van der Waals surface area contributed by atoms with Crippen molar-refractivity contribution >= 4 is 17.9 Å². The third-order valence-electron chi connectivity index (χ3n) is 1.77. The Kier molecular flexibility index (Phi) is 29.8. The van der Waals surface area contributed by atoms with Crippen LogP contribution in [0.15, 0.2) is 36.5 Å². The van der Waals surface area contributed by atoms with Gasteiger partial charge in [-0.3, -0.25) is 0 Å². The van der Waals surface area contributed by atoms with Gasteiger partial charge in [0.05, 0.1) is 17.9 Å². The zero-order valence-corrected chi connectivity index (χ0v) is 18.1. The minimum atomic E-state index is -1.19. The molecule has 0 aliphatic carbocycles. The van der Waals surface area contributed by atoms with Crippen molar-refractivity contribution < 1.29 is 66.0 Å². The molecule has 9 nitrogen and oxygen atoms in total. The normalized spacial score (nSPS) is 10.3. The fraction of sp³-hybridized carbons (Fsp3) is 0.471. The second-order valence-corrected chi connectivity index (χ2v) is 4.74. The van der Waals surface area contributed by atoms with E-state index < -0.39 is 24.2 Å². The van der Waals surface area contributed by atoms with Crippen molar-refractivity contribution in [2.75, 3.05) is 7.11 Å². The maximum Gasteiger partial charge on any atom is 3.00 e. The van der Waals surface area contributed by atoms with Crippen LogP contribution in [0.1, 0.15) is 34.6 Å². The van der Waals surface area contributed by atoms with Gasteiger partial charge in [-0.2, -0.15) is 0 Å². The number of ether oxygens (including phenoxy) is 2. The average molecular weight is 423 g/mol. The summed E-state index contributed by atoms with van der Waals surface area (Å²) in [6, 6.07) is 0. The number of carboxylic acid groups (broad SMARTS) is 3. The number of hydrogen-bond acceptors (Lipinski definition) is 9. The van der Waals surface area contributed by atoms with E-state index in [0.29, 0.717) is 0 Å². The van der Waals surface area contributed by atoms with Crippen molar-refractivity contribution in [1.29, 1.82) is 0 Å². The Balaban J connectivity index is -0.0000000794. The van der Waals surface area contributed by atoms with Gasteiger partial charge in [0.1, 0.15) is 0 Å². The van der Waals surface area contributed by atoms with Crippen LogP contribution in [0.2, 0.25) is 0 Å². The number of aliphatic carboxylic acids is 3. The molecule has 0 aromatic rings. The molecule has 0 bridgehead atoms. The molecule has 0 fully saturated rings. The summed E-state index contributed by atoms with van der Waals surface area (Å²) in [5, 5.41) is 37.0. The van der Waals surface area contributed by atoms with Crippen LogP contribution < -0.4 is 15.3 Å². The summed E-state index contributed by atoms with van der Waals surface area (Å²) < 4.78 is 9.41. The molecule has 0 saturated carbocycles. The summed E-state index contributed by atoms with van der Waals surface area (Å²) in [4.78, 5) is 28.5. The molecule has 2 atom stereocenters. The van der Waals surface area contributed by atoms with E-state index in [-0.39, 0.29) is 44.7 Å². The molecule has 0 saturated heterocycles. The molecule has 153 valence electrons. The van der Waals surface area contributed by atoms with Crippen LogP contribution in [0.25, 0.3) is 0 Å². The molecule has 1 N–H and O–H groups in total. The Hall–Kier alpha value is -1.78. The van der Waals surface area contributed by atoms with E-state index in [9.17, 15) is 29.7 Å². The van der Waals surface area contributed by atoms with E-state index in [0.717, 1.165) is 0 Å². The van der Waals surface area contributed by atoms with Crippen molar-refractivity contribution in [3.05, 3.63) is 36.5 Å². The van der Waals surface area contributed by atoms with Crippen molar-refractivity contribution in [1.82, 2.24) is 0 Å². The fourth-order valence-electron chi connectivity index (χ4n) is 0.333. The summed E-state index contributed by atoms with van der Waals surface area (Å²) in [6.45, 7) is 16.7. The smallest absolute Gasteiger partial charge is 0.545 e. The van der Waals surface area contributed by atoms with Gasteiger partial charge in [0, 0.05) is 7.11 Å². The second-order valence-electron chi connectivity index (χ2n) is 4.74. The Bertz CT molecular complexity index is 392. The maximum absolute atomic E-state index is 9.49. The minimum Gasteiger partial charge on any atom is -0.545 e. The first-order valence-electron chi connectivity index (χ1n) is 7.06. The zero-order chi connectivity index (χ0) is 22.0. The molecule has 0 rings (SSSR count). The van der Waals surface area contributed by atoms with E-state index >= 15 is 0 Å². The third kappa shape index (κ3) is 45.5. The van der Waals surface area contributed by atoms with Crippen molar-refractivity contribution in [3.8, 4) is 0 Å². The molecule has 27 heavy (non-hydrogen) atoms. The molecule has 0 aliphatic heterocycles. The van der Waals surface area contributed by atoms with Gasteiger partial charge in [-0.15, -0.1) is 0 Å². The first-order chi connectivity index (χ1) is 11.6. The van der Waals surface area contributed by atoms with Gasteiger partial charge >= 0.3 is 21.7 Å². The predicted molar refractivity (Wildman–Crippen MR) is 88.7 cm³/mol. The first kappa shape index (κ1) is 36.2. The van der Waals surface area contributed by atoms with Crippen LogP contribution in [0, 0.1) is 0 Å². The molecule has 0 heterocycles. The van der Waals surface area contributed by atoms with Crippen molar-refractivity contribution in [2.24, 2.45) is 0 Å². The van der Waals surface area contributed by atoms with Crippen LogP contribution in [-0.4, -0.2) is 42.7 Å². The summed E-state index contributed by atoms with van der Waals surface area (Å²) in [5.41, 5.74) is 0.194. The second kappa shape index (κ2) is 22.3. The summed E-state index contributed by atoms with van der Waals surface area (Å²) in [7, 11) is 1.52. The monoisotopic (exact) mass is 423 g/mol. The van der Waals surface area contributed by atoms with E-state index in [1.54, 1.807) is 6.92 Å². The number of carbonyl (C=O) groups is 3. The molecule has 1 radical (unpaired) electrons. The van der Waals surface area contributed by atoms with Gasteiger partial charge in [-0.25, -0.2) is 0 Å². The van der Waals surface area contributed by atoms with Crippen LogP contribution in [-0.2, 0) is 45.6 Å². The number of rotatable bonds is 6. The van der Waals surface area contributed by atoms with Crippen molar-refractivity contribution in [3.63, 3.8) is 0 Å². The van der Waals surface area contributed by atoms with Crippen molar-refractivity contribution in [2.45, 2.75) is 47.2 Å². The molecule has 0 spiro atoms. The number of carbonyl (C=O) groups excluding carboxylic acids is 3. The molecule has 0 amide bonds. The first-order valence-corrected chi connectivity index (χ1v) is 7.06. The molecule has 10 heteroatoms. The molecule has 0 aromatic heterocycles. The van der Waals surface area contributed by atoms with Gasteiger partial charge in [0.2, 0.25) is 0 Å². The van der Waals surface area contributed by atoms with Crippen LogP contribution in [0.3, 0.4) is 0 Å². The average Bonchev–Trinajstić information content (AvgIpc) is 2.47. The standard InChI is InChI=1S/C5H12O3.3C4H6O2.Ti/c1-4(6)8-5(2)7-3;3*1-3(2)4(5)6;/h4-6H,1-3H3;3*1H2,2H3,(H,5,6);/q;;;;+3/p-3. The minimum absolute atomic E-state index is 0. The quantitative estimate of drug-likeness (QED) is 0.297. The summed E-state index contributed by atoms with van der Waals surface area (Å²) in [6.07, 6.45) is -1.07. The molecular formula is C17H27O9Ti. The van der Waals surface area contributed by atoms with Gasteiger partial charge in [-0.1, -0.05) is 19.7 Å². The SMILES string of the molecule is C=C(C)C(=O)[O-].C=C(C)C(=O)[O-].C=C(C)C(=O)[O-].COC(C)OC(C)O.[Ti+3]. The largest absolute Gasteiger partial charge is 3.00 e. The Morgan fingerprint density at radius 3 is 1.04 bits per heavy atom. The zero-order valence-electron chi connectivity index (χ0n) is 16.5. The topological polar surface area (TPSA) is 159 Å². The van der Waals surface area contributed by atoms with E-state index in [4.69, 9.17) is 9.84 Å². The molecular weight excluding hydrogens is 396 g/mol.